The summed E-state index contributed by atoms with van der Waals surface area (Å²) in [7, 11) is 3.30. The van der Waals surface area contributed by atoms with Gasteiger partial charge in [0.25, 0.3) is 5.91 Å². The molecule has 0 saturated carbocycles. The monoisotopic (exact) mass is 457 g/mol. The van der Waals surface area contributed by atoms with Crippen LogP contribution in [0.2, 0.25) is 0 Å². The van der Waals surface area contributed by atoms with E-state index >= 15 is 0 Å². The maximum atomic E-state index is 13.8. The molecule has 4 rings (SSSR count). The molecule has 2 heterocycles. The number of nitrogens with zero attached hydrogens (tertiary/aromatic N) is 4. The van der Waals surface area contributed by atoms with Crippen LogP contribution in [0.4, 0.5) is 30.6 Å². The molecule has 2 aromatic carbocycles. The minimum Gasteiger partial charge on any atom is -0.345 e. The third kappa shape index (κ3) is 4.90. The molecule has 1 aromatic heterocycles. The molecule has 1 aliphatic heterocycles. The number of hydrogen-bond donors (Lipinski definition) is 1. The van der Waals surface area contributed by atoms with Gasteiger partial charge in [-0.1, -0.05) is 30.3 Å². The van der Waals surface area contributed by atoms with E-state index in [0.717, 1.165) is 11.8 Å². The second-order valence-corrected chi connectivity index (χ2v) is 7.70. The Labute approximate surface area is 188 Å². The Morgan fingerprint density at radius 3 is 2.45 bits per heavy atom. The second kappa shape index (κ2) is 9.07. The zero-order chi connectivity index (χ0) is 23.6. The SMILES string of the molecule is CN(C)C(=O)c1ccc(Nc2ncc(C(F)(F)F)c(N3OCCC3c3ccccc3)n2)cc1. The van der Waals surface area contributed by atoms with E-state index in [1.165, 1.54) is 9.96 Å². The highest BCUT2D eigenvalue weighted by Gasteiger charge is 2.40. The van der Waals surface area contributed by atoms with Crippen molar-refractivity contribution in [3.05, 3.63) is 77.5 Å². The van der Waals surface area contributed by atoms with E-state index in [0.29, 0.717) is 17.7 Å². The highest BCUT2D eigenvalue weighted by atomic mass is 19.4. The van der Waals surface area contributed by atoms with Gasteiger partial charge >= 0.3 is 6.18 Å². The maximum Gasteiger partial charge on any atom is 0.421 e. The molecule has 0 spiro atoms. The van der Waals surface area contributed by atoms with Crippen LogP contribution in [0.25, 0.3) is 0 Å². The molecule has 0 radical (unpaired) electrons. The first-order valence-electron chi connectivity index (χ1n) is 10.2. The summed E-state index contributed by atoms with van der Waals surface area (Å²) in [6.45, 7) is 0.269. The van der Waals surface area contributed by atoms with Gasteiger partial charge in [-0.2, -0.15) is 18.2 Å². The molecule has 172 valence electrons. The van der Waals surface area contributed by atoms with E-state index in [4.69, 9.17) is 4.84 Å². The molecule has 1 atom stereocenters. The summed E-state index contributed by atoms with van der Waals surface area (Å²) in [4.78, 5) is 27.1. The first-order chi connectivity index (χ1) is 15.7. The number of hydrogen-bond acceptors (Lipinski definition) is 6. The van der Waals surface area contributed by atoms with Crippen molar-refractivity contribution in [2.24, 2.45) is 0 Å². The number of carbonyl (C=O) groups is 1. The molecule has 1 fully saturated rings. The predicted molar refractivity (Wildman–Crippen MR) is 117 cm³/mol. The molecule has 1 aliphatic rings. The number of hydroxylamine groups is 1. The lowest BCUT2D eigenvalue weighted by Crippen LogP contribution is -2.26. The average molecular weight is 457 g/mol. The minimum atomic E-state index is -4.66. The lowest BCUT2D eigenvalue weighted by molar-refractivity contribution is -0.138. The van der Waals surface area contributed by atoms with Crippen molar-refractivity contribution >= 4 is 23.4 Å². The highest BCUT2D eigenvalue weighted by molar-refractivity contribution is 5.94. The van der Waals surface area contributed by atoms with Crippen molar-refractivity contribution in [2.75, 3.05) is 31.1 Å². The zero-order valence-electron chi connectivity index (χ0n) is 18.0. The Balaban J connectivity index is 1.65. The van der Waals surface area contributed by atoms with Gasteiger partial charge in [-0.25, -0.2) is 10.0 Å². The zero-order valence-corrected chi connectivity index (χ0v) is 18.0. The van der Waals surface area contributed by atoms with Crippen LogP contribution < -0.4 is 10.4 Å². The summed E-state index contributed by atoms with van der Waals surface area (Å²) in [5.41, 5.74) is 0.855. The normalized spacial score (nSPS) is 16.0. The van der Waals surface area contributed by atoms with Crippen LogP contribution in [-0.2, 0) is 11.0 Å². The van der Waals surface area contributed by atoms with Crippen LogP contribution in [0.3, 0.4) is 0 Å². The van der Waals surface area contributed by atoms with Gasteiger partial charge in [0.05, 0.1) is 12.6 Å². The van der Waals surface area contributed by atoms with Gasteiger partial charge in [-0.05, 0) is 29.8 Å². The second-order valence-electron chi connectivity index (χ2n) is 7.70. The fourth-order valence-electron chi connectivity index (χ4n) is 3.54. The average Bonchev–Trinajstić information content (AvgIpc) is 3.29. The van der Waals surface area contributed by atoms with Gasteiger partial charge in [0.1, 0.15) is 5.56 Å². The van der Waals surface area contributed by atoms with E-state index in [1.54, 1.807) is 38.4 Å². The fraction of sp³-hybridized carbons (Fsp3) is 0.261. The number of benzene rings is 2. The first kappa shape index (κ1) is 22.5. The smallest absolute Gasteiger partial charge is 0.345 e. The lowest BCUT2D eigenvalue weighted by atomic mass is 10.0. The molecule has 10 heteroatoms. The van der Waals surface area contributed by atoms with Crippen LogP contribution in [0, 0.1) is 0 Å². The topological polar surface area (TPSA) is 70.6 Å². The van der Waals surface area contributed by atoms with Crippen molar-refractivity contribution in [3.63, 3.8) is 0 Å². The summed E-state index contributed by atoms with van der Waals surface area (Å²) in [5.74, 6) is -0.537. The third-order valence-corrected chi connectivity index (χ3v) is 5.17. The van der Waals surface area contributed by atoms with E-state index in [9.17, 15) is 18.0 Å². The minimum absolute atomic E-state index is 0.0213. The van der Waals surface area contributed by atoms with Gasteiger partial charge in [-0.15, -0.1) is 0 Å². The van der Waals surface area contributed by atoms with Crippen LogP contribution in [0.1, 0.15) is 33.9 Å². The number of halogens is 3. The molecular formula is C23H22F3N5O2. The highest BCUT2D eigenvalue weighted by Crippen LogP contribution is 2.41. The number of nitrogens with one attached hydrogen (secondary N) is 1. The van der Waals surface area contributed by atoms with Crippen molar-refractivity contribution in [3.8, 4) is 0 Å². The Kier molecular flexibility index (Phi) is 6.19. The molecule has 1 amide bonds. The standard InChI is InChI=1S/C23H22F3N5O2/c1-30(2)21(32)16-8-10-17(11-9-16)28-22-27-14-18(23(24,25)26)20(29-22)31-19(12-13-33-31)15-6-4-3-5-7-15/h3-11,14,19H,12-13H2,1-2H3,(H,27,28,29). The van der Waals surface area contributed by atoms with Gasteiger partial charge in [0.2, 0.25) is 5.95 Å². The molecule has 1 unspecified atom stereocenters. The largest absolute Gasteiger partial charge is 0.421 e. The number of carbonyl (C=O) groups excluding carboxylic acids is 1. The summed E-state index contributed by atoms with van der Waals surface area (Å²) >= 11 is 0. The molecule has 1 saturated heterocycles. The maximum absolute atomic E-state index is 13.8. The Morgan fingerprint density at radius 1 is 1.12 bits per heavy atom. The quantitative estimate of drug-likeness (QED) is 0.592. The molecule has 7 nitrogen and oxygen atoms in total. The Hall–Kier alpha value is -3.66. The lowest BCUT2D eigenvalue weighted by Gasteiger charge is -2.26. The van der Waals surface area contributed by atoms with E-state index in [-0.39, 0.29) is 24.3 Å². The molecule has 0 bridgehead atoms. The summed E-state index contributed by atoms with van der Waals surface area (Å²) in [5, 5.41) is 4.11. The molecule has 3 aromatic rings. The molecular weight excluding hydrogens is 435 g/mol. The number of amides is 1. The molecule has 0 aliphatic carbocycles. The summed E-state index contributed by atoms with van der Waals surface area (Å²) in [6.07, 6.45) is -3.39. The van der Waals surface area contributed by atoms with Gasteiger partial charge in [0, 0.05) is 38.0 Å². The van der Waals surface area contributed by atoms with Crippen LogP contribution in [-0.4, -0.2) is 41.5 Å². The fourth-order valence-corrected chi connectivity index (χ4v) is 3.54. The van der Waals surface area contributed by atoms with Gasteiger partial charge in [-0.3, -0.25) is 9.63 Å². The number of rotatable bonds is 5. The van der Waals surface area contributed by atoms with Crippen molar-refractivity contribution in [1.82, 2.24) is 14.9 Å². The molecule has 1 N–H and O–H groups in total. The van der Waals surface area contributed by atoms with E-state index in [2.05, 4.69) is 15.3 Å². The van der Waals surface area contributed by atoms with Crippen LogP contribution in [0.15, 0.2) is 60.8 Å². The number of aromatic nitrogens is 2. The Morgan fingerprint density at radius 2 is 1.82 bits per heavy atom. The van der Waals surface area contributed by atoms with Crippen LogP contribution >= 0.6 is 0 Å². The van der Waals surface area contributed by atoms with Gasteiger partial charge < -0.3 is 10.2 Å². The van der Waals surface area contributed by atoms with Gasteiger partial charge in [0.15, 0.2) is 5.82 Å². The van der Waals surface area contributed by atoms with Crippen molar-refractivity contribution in [1.29, 1.82) is 0 Å². The summed E-state index contributed by atoms with van der Waals surface area (Å²) < 4.78 is 41.3. The Bertz CT molecular complexity index is 1120. The van der Waals surface area contributed by atoms with Crippen LogP contribution in [0.5, 0.6) is 0 Å². The number of alkyl halides is 3. The first-order valence-corrected chi connectivity index (χ1v) is 10.2. The predicted octanol–water partition coefficient (Wildman–Crippen LogP) is 4.82. The van der Waals surface area contributed by atoms with E-state index < -0.39 is 17.8 Å². The van der Waals surface area contributed by atoms with E-state index in [1.807, 2.05) is 30.3 Å². The van der Waals surface area contributed by atoms with Crippen molar-refractivity contribution in [2.45, 2.75) is 18.6 Å². The van der Waals surface area contributed by atoms with Crippen molar-refractivity contribution < 1.29 is 22.8 Å². The number of anilines is 3. The third-order valence-electron chi connectivity index (χ3n) is 5.17. The molecule has 33 heavy (non-hydrogen) atoms. The summed E-state index contributed by atoms with van der Waals surface area (Å²) in [6, 6.07) is 15.3.